The van der Waals surface area contributed by atoms with E-state index in [1.807, 2.05) is 53.9 Å². The summed E-state index contributed by atoms with van der Waals surface area (Å²) in [5.74, 6) is -0.411. The van der Waals surface area contributed by atoms with Crippen molar-refractivity contribution in [2.75, 3.05) is 13.1 Å². The molecule has 0 spiro atoms. The molecule has 1 aliphatic heterocycles. The number of thioether (sulfide) groups is 1. The van der Waals surface area contributed by atoms with Gasteiger partial charge < -0.3 is 5.32 Å². The fourth-order valence-corrected chi connectivity index (χ4v) is 4.31. The molecule has 3 rings (SSSR count). The highest BCUT2D eigenvalue weighted by atomic mass is 32.2. The van der Waals surface area contributed by atoms with Gasteiger partial charge >= 0.3 is 0 Å². The van der Waals surface area contributed by atoms with Gasteiger partial charge in [-0.25, -0.2) is 0 Å². The van der Waals surface area contributed by atoms with Gasteiger partial charge in [0.2, 0.25) is 5.91 Å². The Balaban J connectivity index is 1.52. The fourth-order valence-electron chi connectivity index (χ4n) is 2.33. The first-order valence-electron chi connectivity index (χ1n) is 7.73. The van der Waals surface area contributed by atoms with E-state index in [0.717, 1.165) is 16.9 Å². The summed E-state index contributed by atoms with van der Waals surface area (Å²) in [5.41, 5.74) is 1.16. The Morgan fingerprint density at radius 1 is 1.20 bits per heavy atom. The Labute approximate surface area is 159 Å². The molecular formula is C18H16N2O2S3. The molecule has 1 aliphatic rings. The number of carbonyl (C=O) groups excluding carboxylic acids is 2. The minimum Gasteiger partial charge on any atom is -0.354 e. The van der Waals surface area contributed by atoms with Crippen LogP contribution in [-0.2, 0) is 16.0 Å². The number of nitrogens with one attached hydrogen (secondary N) is 1. The van der Waals surface area contributed by atoms with Gasteiger partial charge in [-0.1, -0.05) is 60.4 Å². The Morgan fingerprint density at radius 2 is 2.00 bits per heavy atom. The van der Waals surface area contributed by atoms with Crippen molar-refractivity contribution >= 4 is 57.5 Å². The van der Waals surface area contributed by atoms with E-state index in [1.54, 1.807) is 11.3 Å². The first-order chi connectivity index (χ1) is 12.1. The van der Waals surface area contributed by atoms with Gasteiger partial charge in [0, 0.05) is 11.4 Å². The molecule has 1 aromatic heterocycles. The van der Waals surface area contributed by atoms with Gasteiger partial charge in [-0.15, -0.1) is 11.3 Å². The normalized spacial score (nSPS) is 15.8. The predicted molar refractivity (Wildman–Crippen MR) is 107 cm³/mol. The van der Waals surface area contributed by atoms with Crippen LogP contribution in [0.1, 0.15) is 10.4 Å². The summed E-state index contributed by atoms with van der Waals surface area (Å²) in [6.07, 6.45) is 2.57. The molecule has 0 radical (unpaired) electrons. The molecule has 1 aromatic carbocycles. The van der Waals surface area contributed by atoms with Gasteiger partial charge in [-0.05, 0) is 29.5 Å². The second-order valence-electron chi connectivity index (χ2n) is 5.37. The number of carbonyl (C=O) groups is 2. The summed E-state index contributed by atoms with van der Waals surface area (Å²) in [7, 11) is 0. The maximum Gasteiger partial charge on any atom is 0.266 e. The molecule has 0 bridgehead atoms. The van der Waals surface area contributed by atoms with Crippen molar-refractivity contribution in [3.63, 3.8) is 0 Å². The van der Waals surface area contributed by atoms with E-state index in [4.69, 9.17) is 12.2 Å². The second-order valence-corrected chi connectivity index (χ2v) is 8.02. The van der Waals surface area contributed by atoms with Gasteiger partial charge in [-0.3, -0.25) is 14.5 Å². The van der Waals surface area contributed by atoms with Crippen LogP contribution in [0.15, 0.2) is 52.7 Å². The van der Waals surface area contributed by atoms with E-state index in [9.17, 15) is 9.59 Å². The molecule has 4 nitrogen and oxygen atoms in total. The fraction of sp³-hybridized carbons (Fsp3) is 0.167. The van der Waals surface area contributed by atoms with Crippen LogP contribution in [0, 0.1) is 0 Å². The van der Waals surface area contributed by atoms with Crippen LogP contribution in [0.25, 0.3) is 6.08 Å². The Hall–Kier alpha value is -1.96. The minimum absolute atomic E-state index is 0.0404. The first-order valence-corrected chi connectivity index (χ1v) is 9.83. The highest BCUT2D eigenvalue weighted by molar-refractivity contribution is 8.26. The summed E-state index contributed by atoms with van der Waals surface area (Å²) in [6.45, 7) is 0.490. The number of hydrogen-bond acceptors (Lipinski definition) is 5. The van der Waals surface area contributed by atoms with Crippen molar-refractivity contribution in [1.29, 1.82) is 0 Å². The Kier molecular flexibility index (Phi) is 6.01. The molecule has 1 N–H and O–H groups in total. The summed E-state index contributed by atoms with van der Waals surface area (Å²) in [5, 5.41) is 4.79. The van der Waals surface area contributed by atoms with Crippen molar-refractivity contribution in [2.45, 2.75) is 6.42 Å². The third-order valence-electron chi connectivity index (χ3n) is 3.57. The van der Waals surface area contributed by atoms with E-state index in [1.165, 1.54) is 16.7 Å². The van der Waals surface area contributed by atoms with E-state index in [-0.39, 0.29) is 18.4 Å². The molecule has 2 amide bonds. The summed E-state index contributed by atoms with van der Waals surface area (Å²) >= 11 is 8.04. The lowest BCUT2D eigenvalue weighted by molar-refractivity contribution is -0.128. The second kappa shape index (κ2) is 8.42. The van der Waals surface area contributed by atoms with Crippen molar-refractivity contribution in [3.05, 3.63) is 63.2 Å². The lowest BCUT2D eigenvalue weighted by Crippen LogP contribution is -2.40. The predicted octanol–water partition coefficient (Wildman–Crippen LogP) is 3.31. The Morgan fingerprint density at radius 3 is 2.72 bits per heavy atom. The van der Waals surface area contributed by atoms with Gasteiger partial charge in [0.25, 0.3) is 5.91 Å². The van der Waals surface area contributed by atoms with Crippen LogP contribution >= 0.6 is 35.3 Å². The van der Waals surface area contributed by atoms with Crippen LogP contribution in [0.3, 0.4) is 0 Å². The molecule has 2 heterocycles. The maximum absolute atomic E-state index is 12.4. The average molecular weight is 389 g/mol. The van der Waals surface area contributed by atoms with Gasteiger partial charge in [0.15, 0.2) is 0 Å². The van der Waals surface area contributed by atoms with E-state index in [2.05, 4.69) is 5.32 Å². The molecular weight excluding hydrogens is 372 g/mol. The summed E-state index contributed by atoms with van der Waals surface area (Å²) in [4.78, 5) is 27.5. The van der Waals surface area contributed by atoms with Crippen LogP contribution in [-0.4, -0.2) is 34.1 Å². The lowest BCUT2D eigenvalue weighted by atomic mass is 10.1. The van der Waals surface area contributed by atoms with Crippen LogP contribution in [0.4, 0.5) is 0 Å². The molecule has 1 saturated heterocycles. The number of hydrogen-bond donors (Lipinski definition) is 1. The molecule has 25 heavy (non-hydrogen) atoms. The van der Waals surface area contributed by atoms with Crippen LogP contribution < -0.4 is 5.32 Å². The number of benzene rings is 1. The Bertz CT molecular complexity index is 801. The molecule has 128 valence electrons. The third-order valence-corrected chi connectivity index (χ3v) is 5.77. The zero-order chi connectivity index (χ0) is 17.6. The molecule has 0 atom stereocenters. The van der Waals surface area contributed by atoms with Crippen molar-refractivity contribution in [1.82, 2.24) is 10.2 Å². The topological polar surface area (TPSA) is 49.4 Å². The zero-order valence-corrected chi connectivity index (χ0v) is 15.8. The monoisotopic (exact) mass is 388 g/mol. The number of nitrogens with zero attached hydrogens (tertiary/aromatic N) is 1. The van der Waals surface area contributed by atoms with Crippen molar-refractivity contribution in [2.24, 2.45) is 0 Å². The highest BCUT2D eigenvalue weighted by Crippen LogP contribution is 2.32. The average Bonchev–Trinajstić information content (AvgIpc) is 3.20. The third kappa shape index (κ3) is 4.78. The van der Waals surface area contributed by atoms with Crippen LogP contribution in [0.2, 0.25) is 0 Å². The molecule has 2 aromatic rings. The quantitative estimate of drug-likeness (QED) is 0.609. The molecule has 7 heteroatoms. The molecule has 1 fully saturated rings. The van der Waals surface area contributed by atoms with Gasteiger partial charge in [-0.2, -0.15) is 0 Å². The number of amides is 2. The number of thiophene rings is 1. The SMILES string of the molecule is O=C(CN1C(=O)C(=Cc2cccs2)SC1=S)NCCc1ccccc1. The smallest absolute Gasteiger partial charge is 0.266 e. The van der Waals surface area contributed by atoms with E-state index >= 15 is 0 Å². The summed E-state index contributed by atoms with van der Waals surface area (Å²) in [6, 6.07) is 13.8. The number of thiocarbonyl (C=S) groups is 1. The van der Waals surface area contributed by atoms with E-state index < -0.39 is 0 Å². The van der Waals surface area contributed by atoms with E-state index in [0.29, 0.717) is 15.8 Å². The molecule has 0 saturated carbocycles. The molecule has 0 unspecified atom stereocenters. The summed E-state index contributed by atoms with van der Waals surface area (Å²) < 4.78 is 0.422. The maximum atomic E-state index is 12.4. The van der Waals surface area contributed by atoms with Gasteiger partial charge in [0.05, 0.1) is 4.91 Å². The zero-order valence-electron chi connectivity index (χ0n) is 13.3. The van der Waals surface area contributed by atoms with Crippen molar-refractivity contribution < 1.29 is 9.59 Å². The molecule has 0 aliphatic carbocycles. The standard InChI is InChI=1S/C18H16N2O2S3/c21-16(19-9-8-13-5-2-1-3-6-13)12-20-17(22)15(25-18(20)23)11-14-7-4-10-24-14/h1-7,10-11H,8-9,12H2,(H,19,21). The highest BCUT2D eigenvalue weighted by Gasteiger charge is 2.33. The largest absolute Gasteiger partial charge is 0.354 e. The lowest BCUT2D eigenvalue weighted by Gasteiger charge is -2.14. The minimum atomic E-state index is -0.207. The van der Waals surface area contributed by atoms with Gasteiger partial charge in [0.1, 0.15) is 10.9 Å². The van der Waals surface area contributed by atoms with Crippen LogP contribution in [0.5, 0.6) is 0 Å². The number of rotatable bonds is 6. The van der Waals surface area contributed by atoms with Crippen molar-refractivity contribution in [3.8, 4) is 0 Å². The first kappa shape index (κ1) is 17.8.